The number of nitrogens with one attached hydrogen (secondary N) is 1. The van der Waals surface area contributed by atoms with Crippen molar-refractivity contribution in [1.82, 2.24) is 15.2 Å². The van der Waals surface area contributed by atoms with Gasteiger partial charge in [0.1, 0.15) is 0 Å². The van der Waals surface area contributed by atoms with Crippen LogP contribution in [0.4, 0.5) is 0 Å². The van der Waals surface area contributed by atoms with E-state index >= 15 is 0 Å². The van der Waals surface area contributed by atoms with Crippen molar-refractivity contribution in [3.05, 3.63) is 52.5 Å². The molecule has 1 saturated carbocycles. The molecule has 0 bridgehead atoms. The Hall–Kier alpha value is -2.21. The molecule has 2 aromatic rings. The van der Waals surface area contributed by atoms with Crippen LogP contribution in [-0.2, 0) is 11.3 Å². The van der Waals surface area contributed by atoms with Gasteiger partial charge >= 0.3 is 0 Å². The monoisotopic (exact) mass is 355 g/mol. The van der Waals surface area contributed by atoms with Crippen LogP contribution in [-0.4, -0.2) is 34.8 Å². The Morgan fingerprint density at radius 2 is 2.08 bits per heavy atom. The highest BCUT2D eigenvalue weighted by Crippen LogP contribution is 2.52. The number of rotatable bonds is 4. The molecule has 2 aromatic heterocycles. The van der Waals surface area contributed by atoms with Crippen LogP contribution in [0.15, 0.2) is 41.4 Å². The molecule has 1 aliphatic heterocycles. The summed E-state index contributed by atoms with van der Waals surface area (Å²) in [6, 6.07) is 5.66. The van der Waals surface area contributed by atoms with Crippen LogP contribution in [0.2, 0.25) is 0 Å². The van der Waals surface area contributed by atoms with E-state index in [2.05, 4.69) is 10.3 Å². The molecule has 1 N–H and O–H groups in total. The first-order chi connectivity index (χ1) is 12.2. The third kappa shape index (κ3) is 3.06. The van der Waals surface area contributed by atoms with Gasteiger partial charge in [0.25, 0.3) is 5.91 Å². The van der Waals surface area contributed by atoms with Crippen molar-refractivity contribution < 1.29 is 9.59 Å². The topological polar surface area (TPSA) is 62.3 Å². The molecule has 6 heteroatoms. The first-order valence-electron chi connectivity index (χ1n) is 8.66. The van der Waals surface area contributed by atoms with Crippen LogP contribution in [0.5, 0.6) is 0 Å². The van der Waals surface area contributed by atoms with Crippen molar-refractivity contribution in [2.45, 2.75) is 25.8 Å². The number of aromatic nitrogens is 1. The van der Waals surface area contributed by atoms with E-state index in [0.717, 1.165) is 30.4 Å². The van der Waals surface area contributed by atoms with Gasteiger partial charge in [-0.2, -0.15) is 11.3 Å². The predicted octanol–water partition coefficient (Wildman–Crippen LogP) is 2.70. The molecule has 1 unspecified atom stereocenters. The third-order valence-electron chi connectivity index (χ3n) is 5.59. The van der Waals surface area contributed by atoms with E-state index in [1.54, 1.807) is 12.4 Å². The maximum atomic E-state index is 12.8. The lowest BCUT2D eigenvalue weighted by atomic mass is 9.62. The van der Waals surface area contributed by atoms with Crippen molar-refractivity contribution in [1.29, 1.82) is 0 Å². The smallest absolute Gasteiger partial charge is 0.254 e. The average Bonchev–Trinajstić information content (AvgIpc) is 3.27. The number of carbonyl (C=O) groups is 2. The second-order valence-electron chi connectivity index (χ2n) is 7.04. The van der Waals surface area contributed by atoms with Gasteiger partial charge in [-0.05, 0) is 42.0 Å². The summed E-state index contributed by atoms with van der Waals surface area (Å²) in [6.45, 7) is 1.73. The normalized spacial score (nSPS) is 21.1. The zero-order chi connectivity index (χ0) is 17.3. The first-order valence-corrected chi connectivity index (χ1v) is 9.60. The summed E-state index contributed by atoms with van der Waals surface area (Å²) in [5, 5.41) is 6.86. The number of thiophene rings is 1. The van der Waals surface area contributed by atoms with Crippen LogP contribution in [0.3, 0.4) is 0 Å². The molecule has 1 aliphatic carbocycles. The van der Waals surface area contributed by atoms with Crippen molar-refractivity contribution >= 4 is 23.2 Å². The van der Waals surface area contributed by atoms with Crippen LogP contribution in [0, 0.1) is 11.3 Å². The molecule has 1 atom stereocenters. The summed E-state index contributed by atoms with van der Waals surface area (Å²) in [4.78, 5) is 31.4. The molecule has 1 spiro atoms. The van der Waals surface area contributed by atoms with Crippen molar-refractivity contribution in [2.24, 2.45) is 11.3 Å². The second-order valence-corrected chi connectivity index (χ2v) is 7.82. The number of likely N-dealkylation sites (tertiary alicyclic amines) is 1. The van der Waals surface area contributed by atoms with Gasteiger partial charge in [0, 0.05) is 42.8 Å². The zero-order valence-electron chi connectivity index (χ0n) is 14.0. The molecule has 0 radical (unpaired) electrons. The zero-order valence-corrected chi connectivity index (χ0v) is 14.8. The van der Waals surface area contributed by atoms with Crippen LogP contribution in [0.1, 0.15) is 35.2 Å². The molecule has 2 fully saturated rings. The summed E-state index contributed by atoms with van der Waals surface area (Å²) >= 11 is 1.53. The van der Waals surface area contributed by atoms with E-state index in [9.17, 15) is 9.59 Å². The predicted molar refractivity (Wildman–Crippen MR) is 96.1 cm³/mol. The number of amides is 2. The fourth-order valence-corrected chi connectivity index (χ4v) is 4.63. The third-order valence-corrected chi connectivity index (χ3v) is 6.27. The van der Waals surface area contributed by atoms with Crippen molar-refractivity contribution in [3.63, 3.8) is 0 Å². The van der Waals surface area contributed by atoms with Gasteiger partial charge in [0.15, 0.2) is 0 Å². The molecule has 5 nitrogen and oxygen atoms in total. The SMILES string of the molecule is O=C(NCc1ccncc1)C1CN(C(=O)c2ccsc2)CC12CCC2. The standard InChI is InChI=1S/C19H21N3O2S/c23-17(21-10-14-2-7-20-8-3-14)16-11-22(13-19(16)5-1-6-19)18(24)15-4-9-25-12-15/h2-4,7-9,12,16H,1,5-6,10-11,13H2,(H,21,23). The maximum absolute atomic E-state index is 12.8. The highest BCUT2D eigenvalue weighted by Gasteiger charge is 2.54. The molecular weight excluding hydrogens is 334 g/mol. The number of carbonyl (C=O) groups excluding carboxylic acids is 2. The minimum Gasteiger partial charge on any atom is -0.352 e. The fourth-order valence-electron chi connectivity index (χ4n) is 4.00. The first kappa shape index (κ1) is 16.3. The van der Waals surface area contributed by atoms with Crippen LogP contribution in [0.25, 0.3) is 0 Å². The Balaban J connectivity index is 1.44. The van der Waals surface area contributed by atoms with Gasteiger partial charge in [-0.15, -0.1) is 0 Å². The summed E-state index contributed by atoms with van der Waals surface area (Å²) in [5.74, 6) is 0.0137. The second kappa shape index (κ2) is 6.59. The van der Waals surface area contributed by atoms with E-state index in [4.69, 9.17) is 0 Å². The Labute approximate surface area is 151 Å². The molecule has 2 aliphatic rings. The number of hydrogen-bond acceptors (Lipinski definition) is 4. The van der Waals surface area contributed by atoms with Gasteiger partial charge < -0.3 is 10.2 Å². The van der Waals surface area contributed by atoms with E-state index < -0.39 is 0 Å². The van der Waals surface area contributed by atoms with Crippen molar-refractivity contribution in [3.8, 4) is 0 Å². The van der Waals surface area contributed by atoms with Gasteiger partial charge in [-0.3, -0.25) is 14.6 Å². The molecule has 1 saturated heterocycles. The summed E-state index contributed by atoms with van der Waals surface area (Å²) in [7, 11) is 0. The number of hydrogen-bond donors (Lipinski definition) is 1. The Kier molecular flexibility index (Phi) is 4.29. The molecule has 3 heterocycles. The van der Waals surface area contributed by atoms with Gasteiger partial charge in [-0.1, -0.05) is 6.42 Å². The molecule has 0 aromatic carbocycles. The van der Waals surface area contributed by atoms with Crippen molar-refractivity contribution in [2.75, 3.05) is 13.1 Å². The fraction of sp³-hybridized carbons (Fsp3) is 0.421. The molecule has 2 amide bonds. The van der Waals surface area contributed by atoms with Gasteiger partial charge in [0.05, 0.1) is 11.5 Å². The van der Waals surface area contributed by atoms with E-state index in [0.29, 0.717) is 19.6 Å². The molecule has 4 rings (SSSR count). The Morgan fingerprint density at radius 3 is 2.72 bits per heavy atom. The maximum Gasteiger partial charge on any atom is 0.254 e. The average molecular weight is 355 g/mol. The van der Waals surface area contributed by atoms with E-state index in [-0.39, 0.29) is 23.1 Å². The Bertz CT molecular complexity index is 756. The summed E-state index contributed by atoms with van der Waals surface area (Å²) in [5.41, 5.74) is 1.75. The van der Waals surface area contributed by atoms with Crippen LogP contribution < -0.4 is 5.32 Å². The van der Waals surface area contributed by atoms with Gasteiger partial charge in [0.2, 0.25) is 5.91 Å². The lowest BCUT2D eigenvalue weighted by molar-refractivity contribution is -0.129. The number of nitrogens with zero attached hydrogens (tertiary/aromatic N) is 2. The Morgan fingerprint density at radius 1 is 1.28 bits per heavy atom. The van der Waals surface area contributed by atoms with E-state index in [1.807, 2.05) is 33.9 Å². The lowest BCUT2D eigenvalue weighted by Crippen LogP contribution is -2.45. The lowest BCUT2D eigenvalue weighted by Gasteiger charge is -2.41. The molecule has 25 heavy (non-hydrogen) atoms. The largest absolute Gasteiger partial charge is 0.352 e. The van der Waals surface area contributed by atoms with Gasteiger partial charge in [-0.25, -0.2) is 0 Å². The van der Waals surface area contributed by atoms with E-state index in [1.165, 1.54) is 11.3 Å². The minimum absolute atomic E-state index is 0.0198. The highest BCUT2D eigenvalue weighted by atomic mass is 32.1. The summed E-state index contributed by atoms with van der Waals surface area (Å²) in [6.07, 6.45) is 6.67. The number of pyridine rings is 1. The molecule has 130 valence electrons. The molecular formula is C19H21N3O2S. The quantitative estimate of drug-likeness (QED) is 0.917. The van der Waals surface area contributed by atoms with Crippen LogP contribution >= 0.6 is 11.3 Å². The summed E-state index contributed by atoms with van der Waals surface area (Å²) < 4.78 is 0. The highest BCUT2D eigenvalue weighted by molar-refractivity contribution is 7.08. The minimum atomic E-state index is -0.106.